The fourth-order valence-corrected chi connectivity index (χ4v) is 2.91. The molecule has 132 valence electrons. The standard InChI is InChI=1S/C19H17N3O4/c1-11(9-13-5-3-7-24-13)20-18(23)14-10-15(16-6-4-8-25-16)21-19-17(14)12(2)22-26-19/h3-8,10-11H,9H2,1-2H3,(H,20,23). The minimum absolute atomic E-state index is 0.107. The van der Waals surface area contributed by atoms with E-state index in [1.165, 1.54) is 0 Å². The van der Waals surface area contributed by atoms with Crippen molar-refractivity contribution in [3.63, 3.8) is 0 Å². The van der Waals surface area contributed by atoms with Crippen molar-refractivity contribution in [2.24, 2.45) is 0 Å². The van der Waals surface area contributed by atoms with Gasteiger partial charge >= 0.3 is 0 Å². The van der Waals surface area contributed by atoms with Gasteiger partial charge in [-0.3, -0.25) is 4.79 Å². The van der Waals surface area contributed by atoms with Crippen LogP contribution in [0.25, 0.3) is 22.6 Å². The molecular formula is C19H17N3O4. The maximum Gasteiger partial charge on any atom is 0.259 e. The van der Waals surface area contributed by atoms with Gasteiger partial charge in [0.1, 0.15) is 11.5 Å². The van der Waals surface area contributed by atoms with Crippen LogP contribution in [0.1, 0.15) is 28.7 Å². The number of pyridine rings is 1. The Morgan fingerprint density at radius 1 is 1.23 bits per heavy atom. The molecule has 0 fully saturated rings. The first-order valence-corrected chi connectivity index (χ1v) is 8.26. The van der Waals surface area contributed by atoms with Crippen LogP contribution in [0.15, 0.2) is 56.2 Å². The summed E-state index contributed by atoms with van der Waals surface area (Å²) in [5.41, 5.74) is 1.89. The average Bonchev–Trinajstić information content (AvgIpc) is 3.36. The minimum Gasteiger partial charge on any atom is -0.469 e. The lowest BCUT2D eigenvalue weighted by Crippen LogP contribution is -2.34. The Hall–Kier alpha value is -3.35. The number of nitrogens with zero attached hydrogens (tertiary/aromatic N) is 2. The van der Waals surface area contributed by atoms with Gasteiger partial charge in [0.2, 0.25) is 0 Å². The van der Waals surface area contributed by atoms with Gasteiger partial charge in [-0.2, -0.15) is 0 Å². The largest absolute Gasteiger partial charge is 0.469 e. The summed E-state index contributed by atoms with van der Waals surface area (Å²) in [6.45, 7) is 3.70. The van der Waals surface area contributed by atoms with Gasteiger partial charge in [-0.05, 0) is 44.2 Å². The molecule has 0 aromatic carbocycles. The summed E-state index contributed by atoms with van der Waals surface area (Å²) < 4.78 is 16.0. The van der Waals surface area contributed by atoms with Gasteiger partial charge in [-0.15, -0.1) is 0 Å². The highest BCUT2D eigenvalue weighted by atomic mass is 16.5. The van der Waals surface area contributed by atoms with Crippen molar-refractivity contribution in [2.45, 2.75) is 26.3 Å². The zero-order valence-electron chi connectivity index (χ0n) is 14.4. The molecule has 1 N–H and O–H groups in total. The average molecular weight is 351 g/mol. The van der Waals surface area contributed by atoms with Gasteiger partial charge in [0, 0.05) is 12.5 Å². The molecule has 0 aliphatic rings. The number of aryl methyl sites for hydroxylation is 1. The van der Waals surface area contributed by atoms with E-state index in [-0.39, 0.29) is 11.9 Å². The number of carbonyl (C=O) groups is 1. The SMILES string of the molecule is Cc1noc2nc(-c3ccco3)cc(C(=O)NC(C)Cc3ccco3)c12. The van der Waals surface area contributed by atoms with Crippen molar-refractivity contribution >= 4 is 17.0 Å². The normalized spacial score (nSPS) is 12.4. The number of nitrogens with one attached hydrogen (secondary N) is 1. The van der Waals surface area contributed by atoms with Crippen LogP contribution in [-0.2, 0) is 6.42 Å². The third-order valence-corrected chi connectivity index (χ3v) is 4.10. The van der Waals surface area contributed by atoms with E-state index < -0.39 is 0 Å². The predicted molar refractivity (Wildman–Crippen MR) is 93.6 cm³/mol. The first-order chi connectivity index (χ1) is 12.6. The van der Waals surface area contributed by atoms with Crippen LogP contribution in [0.5, 0.6) is 0 Å². The number of amides is 1. The second-order valence-electron chi connectivity index (χ2n) is 6.14. The van der Waals surface area contributed by atoms with E-state index in [4.69, 9.17) is 13.4 Å². The molecule has 4 heterocycles. The number of carbonyl (C=O) groups excluding carboxylic acids is 1. The minimum atomic E-state index is -0.226. The van der Waals surface area contributed by atoms with Crippen LogP contribution < -0.4 is 5.32 Å². The van der Waals surface area contributed by atoms with Crippen LogP contribution in [0.3, 0.4) is 0 Å². The Kier molecular flexibility index (Phi) is 4.04. The van der Waals surface area contributed by atoms with E-state index in [0.29, 0.717) is 40.2 Å². The van der Waals surface area contributed by atoms with Crippen LogP contribution in [0, 0.1) is 6.92 Å². The van der Waals surface area contributed by atoms with Gasteiger partial charge < -0.3 is 18.7 Å². The maximum atomic E-state index is 12.9. The second-order valence-corrected chi connectivity index (χ2v) is 6.14. The molecule has 1 unspecified atom stereocenters. The topological polar surface area (TPSA) is 94.3 Å². The maximum absolute atomic E-state index is 12.9. The lowest BCUT2D eigenvalue weighted by molar-refractivity contribution is 0.0941. The Balaban J connectivity index is 1.67. The predicted octanol–water partition coefficient (Wildman–Crippen LogP) is 3.75. The van der Waals surface area contributed by atoms with E-state index in [0.717, 1.165) is 5.76 Å². The Morgan fingerprint density at radius 2 is 2.04 bits per heavy atom. The first-order valence-electron chi connectivity index (χ1n) is 8.26. The third kappa shape index (κ3) is 2.99. The summed E-state index contributed by atoms with van der Waals surface area (Å²) in [6, 6.07) is 8.83. The molecule has 4 aromatic rings. The number of rotatable bonds is 5. The summed E-state index contributed by atoms with van der Waals surface area (Å²) in [4.78, 5) is 17.3. The lowest BCUT2D eigenvalue weighted by atomic mass is 10.1. The highest BCUT2D eigenvalue weighted by Crippen LogP contribution is 2.27. The van der Waals surface area contributed by atoms with Gasteiger partial charge in [0.15, 0.2) is 5.76 Å². The molecule has 0 saturated heterocycles. The second kappa shape index (κ2) is 6.51. The Morgan fingerprint density at radius 3 is 2.77 bits per heavy atom. The fourth-order valence-electron chi connectivity index (χ4n) is 2.91. The van der Waals surface area contributed by atoms with E-state index in [2.05, 4.69) is 15.5 Å². The highest BCUT2D eigenvalue weighted by Gasteiger charge is 2.21. The third-order valence-electron chi connectivity index (χ3n) is 4.10. The molecular weight excluding hydrogens is 334 g/mol. The summed E-state index contributed by atoms with van der Waals surface area (Å²) in [5.74, 6) is 1.14. The smallest absolute Gasteiger partial charge is 0.259 e. The number of hydrogen-bond acceptors (Lipinski definition) is 6. The van der Waals surface area contributed by atoms with E-state index in [1.807, 2.05) is 19.1 Å². The zero-order chi connectivity index (χ0) is 18.1. The van der Waals surface area contributed by atoms with Crippen molar-refractivity contribution in [3.8, 4) is 11.5 Å². The molecule has 0 saturated carbocycles. The summed E-state index contributed by atoms with van der Waals surface area (Å²) in [6.07, 6.45) is 3.77. The molecule has 26 heavy (non-hydrogen) atoms. The van der Waals surface area contributed by atoms with E-state index in [9.17, 15) is 4.79 Å². The van der Waals surface area contributed by atoms with Crippen LogP contribution in [0.4, 0.5) is 0 Å². The molecule has 0 aliphatic carbocycles. The van der Waals surface area contributed by atoms with Crippen molar-refractivity contribution < 1.29 is 18.2 Å². The molecule has 0 aliphatic heterocycles. The van der Waals surface area contributed by atoms with Crippen LogP contribution >= 0.6 is 0 Å². The molecule has 1 amide bonds. The number of furan rings is 2. The van der Waals surface area contributed by atoms with Gasteiger partial charge in [-0.25, -0.2) is 4.98 Å². The van der Waals surface area contributed by atoms with E-state index in [1.54, 1.807) is 37.6 Å². The zero-order valence-corrected chi connectivity index (χ0v) is 14.4. The molecule has 0 spiro atoms. The van der Waals surface area contributed by atoms with Crippen molar-refractivity contribution in [2.75, 3.05) is 0 Å². The Bertz CT molecular complexity index is 1030. The molecule has 1 atom stereocenters. The summed E-state index contributed by atoms with van der Waals surface area (Å²) in [7, 11) is 0. The van der Waals surface area contributed by atoms with Crippen molar-refractivity contribution in [1.82, 2.24) is 15.5 Å². The molecule has 4 aromatic heterocycles. The molecule has 4 rings (SSSR count). The highest BCUT2D eigenvalue weighted by molar-refractivity contribution is 6.07. The lowest BCUT2D eigenvalue weighted by Gasteiger charge is -2.13. The number of fused-ring (bicyclic) bond motifs is 1. The monoisotopic (exact) mass is 351 g/mol. The molecule has 0 radical (unpaired) electrons. The van der Waals surface area contributed by atoms with Crippen molar-refractivity contribution in [3.05, 3.63) is 59.9 Å². The fraction of sp³-hybridized carbons (Fsp3) is 0.211. The van der Waals surface area contributed by atoms with Gasteiger partial charge in [0.05, 0.1) is 29.2 Å². The van der Waals surface area contributed by atoms with Gasteiger partial charge in [0.25, 0.3) is 11.6 Å². The van der Waals surface area contributed by atoms with Gasteiger partial charge in [-0.1, -0.05) is 5.16 Å². The first kappa shape index (κ1) is 16.1. The number of hydrogen-bond donors (Lipinski definition) is 1. The summed E-state index contributed by atoms with van der Waals surface area (Å²) >= 11 is 0. The van der Waals surface area contributed by atoms with E-state index >= 15 is 0 Å². The molecule has 7 nitrogen and oxygen atoms in total. The Labute approximate surface area is 149 Å². The number of aromatic nitrogens is 2. The quantitative estimate of drug-likeness (QED) is 0.588. The summed E-state index contributed by atoms with van der Waals surface area (Å²) in [5, 5.41) is 7.53. The van der Waals surface area contributed by atoms with Crippen LogP contribution in [0.2, 0.25) is 0 Å². The van der Waals surface area contributed by atoms with Crippen molar-refractivity contribution in [1.29, 1.82) is 0 Å². The molecule has 0 bridgehead atoms. The van der Waals surface area contributed by atoms with Crippen LogP contribution in [-0.4, -0.2) is 22.1 Å². The molecule has 7 heteroatoms.